The van der Waals surface area contributed by atoms with Crippen molar-refractivity contribution in [2.45, 2.75) is 58.9 Å². The maximum atomic E-state index is 11.7. The number of nitrogens with one attached hydrogen (secondary N) is 1. The largest absolute Gasteiger partial charge is 0.354 e. The molecule has 0 radical (unpaired) electrons. The van der Waals surface area contributed by atoms with Crippen LogP contribution in [-0.4, -0.2) is 31.8 Å². The Kier molecular flexibility index (Phi) is 4.69. The summed E-state index contributed by atoms with van der Waals surface area (Å²) in [6, 6.07) is 0.229. The van der Waals surface area contributed by atoms with Crippen LogP contribution in [0.4, 0.5) is 0 Å². The summed E-state index contributed by atoms with van der Waals surface area (Å²) in [6.07, 6.45) is 2.06. The van der Waals surface area contributed by atoms with Crippen molar-refractivity contribution in [2.24, 2.45) is 0 Å². The number of fused-ring (bicyclic) bond motifs is 1. The highest BCUT2D eigenvalue weighted by atomic mass is 32.1. The lowest BCUT2D eigenvalue weighted by atomic mass is 10.2. The first-order valence-electron chi connectivity index (χ1n) is 7.01. The van der Waals surface area contributed by atoms with Gasteiger partial charge < -0.3 is 5.32 Å². The smallest absolute Gasteiger partial charge is 0.234 e. The van der Waals surface area contributed by atoms with E-state index in [1.807, 2.05) is 6.92 Å². The molecule has 2 aromatic heterocycles. The molecule has 2 heterocycles. The highest BCUT2D eigenvalue weighted by molar-refractivity contribution is 7.16. The Morgan fingerprint density at radius 3 is 2.75 bits per heavy atom. The third kappa shape index (κ3) is 3.33. The van der Waals surface area contributed by atoms with Crippen LogP contribution in [-0.2, 0) is 11.2 Å². The normalized spacial score (nSPS) is 13.1. The number of carbonyl (C=O) groups excluding carboxylic acids is 1. The van der Waals surface area contributed by atoms with Crippen LogP contribution >= 0.6 is 11.3 Å². The van der Waals surface area contributed by atoms with E-state index in [4.69, 9.17) is 0 Å². The van der Waals surface area contributed by atoms with E-state index in [2.05, 4.69) is 41.4 Å². The molecule has 0 aliphatic rings. The lowest BCUT2D eigenvalue weighted by Gasteiger charge is -2.10. The Labute approximate surface area is 122 Å². The fraction of sp³-hybridized carbons (Fsp3) is 0.692. The second-order valence-electron chi connectivity index (χ2n) is 5.28. The minimum absolute atomic E-state index is 0.0781. The first-order chi connectivity index (χ1) is 9.51. The summed E-state index contributed by atoms with van der Waals surface area (Å²) >= 11 is 1.50. The number of hydrogen-bond acceptors (Lipinski definition) is 5. The molecule has 0 aliphatic heterocycles. The Morgan fingerprint density at radius 1 is 1.35 bits per heavy atom. The Balaban J connectivity index is 1.98. The zero-order valence-corrected chi connectivity index (χ0v) is 13.2. The molecule has 2 aromatic rings. The SMILES string of the molecule is CCC(C)NC(=O)CCc1nn2c(C(C)C)nnc2s1. The highest BCUT2D eigenvalue weighted by Gasteiger charge is 2.15. The number of amides is 1. The standard InChI is InChI=1S/C13H21N5OS/c1-5-9(4)14-10(19)6-7-11-17-18-12(8(2)3)15-16-13(18)20-11/h8-9H,5-7H2,1-4H3,(H,14,19). The van der Waals surface area contributed by atoms with E-state index in [9.17, 15) is 4.79 Å². The molecule has 1 N–H and O–H groups in total. The number of rotatable bonds is 6. The first kappa shape index (κ1) is 14.9. The molecule has 1 amide bonds. The van der Waals surface area contributed by atoms with Gasteiger partial charge in [-0.3, -0.25) is 4.79 Å². The van der Waals surface area contributed by atoms with E-state index in [0.717, 1.165) is 22.2 Å². The summed E-state index contributed by atoms with van der Waals surface area (Å²) in [5, 5.41) is 16.6. The molecule has 7 heteroatoms. The maximum Gasteiger partial charge on any atom is 0.234 e. The molecule has 0 saturated carbocycles. The second kappa shape index (κ2) is 6.30. The van der Waals surface area contributed by atoms with Gasteiger partial charge in [0, 0.05) is 24.8 Å². The van der Waals surface area contributed by atoms with Crippen LogP contribution in [0.25, 0.3) is 4.96 Å². The van der Waals surface area contributed by atoms with E-state index >= 15 is 0 Å². The molecule has 6 nitrogen and oxygen atoms in total. The van der Waals surface area contributed by atoms with Crippen LogP contribution in [0, 0.1) is 0 Å². The van der Waals surface area contributed by atoms with Crippen molar-refractivity contribution in [3.05, 3.63) is 10.8 Å². The van der Waals surface area contributed by atoms with Crippen molar-refractivity contribution < 1.29 is 4.79 Å². The van der Waals surface area contributed by atoms with Gasteiger partial charge in [0.2, 0.25) is 10.9 Å². The van der Waals surface area contributed by atoms with Gasteiger partial charge in [-0.25, -0.2) is 0 Å². The van der Waals surface area contributed by atoms with Gasteiger partial charge in [-0.1, -0.05) is 32.1 Å². The van der Waals surface area contributed by atoms with Crippen LogP contribution in [0.15, 0.2) is 0 Å². The van der Waals surface area contributed by atoms with Crippen LogP contribution in [0.2, 0.25) is 0 Å². The maximum absolute atomic E-state index is 11.7. The predicted octanol–water partition coefficient (Wildman–Crippen LogP) is 2.16. The van der Waals surface area contributed by atoms with E-state index in [0.29, 0.717) is 12.8 Å². The molecule has 2 rings (SSSR count). The fourth-order valence-electron chi connectivity index (χ4n) is 1.80. The van der Waals surface area contributed by atoms with E-state index in [1.54, 1.807) is 4.52 Å². The fourth-order valence-corrected chi connectivity index (χ4v) is 2.64. The van der Waals surface area contributed by atoms with Crippen LogP contribution < -0.4 is 5.32 Å². The molecule has 110 valence electrons. The van der Waals surface area contributed by atoms with Gasteiger partial charge in [0.25, 0.3) is 0 Å². The van der Waals surface area contributed by atoms with E-state index in [1.165, 1.54) is 11.3 Å². The molecule has 1 unspecified atom stereocenters. The van der Waals surface area contributed by atoms with Gasteiger partial charge in [0.1, 0.15) is 5.01 Å². The number of nitrogens with zero attached hydrogens (tertiary/aromatic N) is 4. The van der Waals surface area contributed by atoms with Crippen molar-refractivity contribution in [1.82, 2.24) is 25.1 Å². The van der Waals surface area contributed by atoms with Crippen molar-refractivity contribution in [2.75, 3.05) is 0 Å². The van der Waals surface area contributed by atoms with Crippen molar-refractivity contribution in [3.8, 4) is 0 Å². The van der Waals surface area contributed by atoms with Gasteiger partial charge in [-0.15, -0.1) is 10.2 Å². The van der Waals surface area contributed by atoms with E-state index < -0.39 is 0 Å². The molecule has 0 fully saturated rings. The second-order valence-corrected chi connectivity index (χ2v) is 6.32. The Bertz CT molecular complexity index is 589. The summed E-state index contributed by atoms with van der Waals surface area (Å²) in [7, 11) is 0. The van der Waals surface area contributed by atoms with Gasteiger partial charge in [-0.2, -0.15) is 9.61 Å². The summed E-state index contributed by atoms with van der Waals surface area (Å²) < 4.78 is 1.79. The summed E-state index contributed by atoms with van der Waals surface area (Å²) in [5.41, 5.74) is 0. The summed E-state index contributed by atoms with van der Waals surface area (Å²) in [4.78, 5) is 12.5. The van der Waals surface area contributed by atoms with Crippen LogP contribution in [0.3, 0.4) is 0 Å². The number of aromatic nitrogens is 4. The molecule has 20 heavy (non-hydrogen) atoms. The van der Waals surface area contributed by atoms with Gasteiger partial charge >= 0.3 is 0 Å². The predicted molar refractivity (Wildman–Crippen MR) is 79.0 cm³/mol. The molecule has 1 atom stereocenters. The lowest BCUT2D eigenvalue weighted by Crippen LogP contribution is -2.32. The Morgan fingerprint density at radius 2 is 2.10 bits per heavy atom. The molecule has 0 spiro atoms. The highest BCUT2D eigenvalue weighted by Crippen LogP contribution is 2.19. The minimum atomic E-state index is 0.0781. The first-order valence-corrected chi connectivity index (χ1v) is 7.83. The number of aryl methyl sites for hydroxylation is 1. The zero-order valence-electron chi connectivity index (χ0n) is 12.4. The molecular weight excluding hydrogens is 274 g/mol. The van der Waals surface area contributed by atoms with Gasteiger partial charge in [0.05, 0.1) is 0 Å². The van der Waals surface area contributed by atoms with Crippen molar-refractivity contribution in [3.63, 3.8) is 0 Å². The number of hydrogen-bond donors (Lipinski definition) is 1. The summed E-state index contributed by atoms with van der Waals surface area (Å²) in [5.74, 6) is 1.23. The topological polar surface area (TPSA) is 72.2 Å². The van der Waals surface area contributed by atoms with Gasteiger partial charge in [-0.05, 0) is 13.3 Å². The van der Waals surface area contributed by atoms with Crippen molar-refractivity contribution in [1.29, 1.82) is 0 Å². The van der Waals surface area contributed by atoms with E-state index in [-0.39, 0.29) is 17.9 Å². The van der Waals surface area contributed by atoms with Gasteiger partial charge in [0.15, 0.2) is 5.82 Å². The molecule has 0 saturated heterocycles. The number of carbonyl (C=O) groups is 1. The Hall–Kier alpha value is -1.50. The monoisotopic (exact) mass is 295 g/mol. The van der Waals surface area contributed by atoms with Crippen LogP contribution in [0.1, 0.15) is 57.3 Å². The molecule has 0 aromatic carbocycles. The van der Waals surface area contributed by atoms with Crippen molar-refractivity contribution >= 4 is 22.2 Å². The average molecular weight is 295 g/mol. The third-order valence-corrected chi connectivity index (χ3v) is 4.12. The molecular formula is C13H21N5OS. The summed E-state index contributed by atoms with van der Waals surface area (Å²) in [6.45, 7) is 8.20. The van der Waals surface area contributed by atoms with Crippen LogP contribution in [0.5, 0.6) is 0 Å². The molecule has 0 bridgehead atoms. The quantitative estimate of drug-likeness (QED) is 0.886. The minimum Gasteiger partial charge on any atom is -0.354 e. The third-order valence-electron chi connectivity index (χ3n) is 3.16. The lowest BCUT2D eigenvalue weighted by molar-refractivity contribution is -0.121. The molecule has 0 aliphatic carbocycles. The average Bonchev–Trinajstić information content (AvgIpc) is 2.95. The zero-order chi connectivity index (χ0) is 14.7.